The average Bonchev–Trinajstić information content (AvgIpc) is 3.20. The molecule has 4 nitrogen and oxygen atoms in total. The molecular formula is C14H14Br2O4. The van der Waals surface area contributed by atoms with E-state index in [0.29, 0.717) is 26.4 Å². The van der Waals surface area contributed by atoms with E-state index in [1.165, 1.54) is 0 Å². The highest BCUT2D eigenvalue weighted by molar-refractivity contribution is 9.11. The predicted molar refractivity (Wildman–Crippen MR) is 77.5 cm³/mol. The minimum Gasteiger partial charge on any atom is -0.345 e. The lowest BCUT2D eigenvalue weighted by atomic mass is 9.82. The fraction of sp³-hybridized carbons (Fsp3) is 0.714. The van der Waals surface area contributed by atoms with Gasteiger partial charge in [0.25, 0.3) is 0 Å². The van der Waals surface area contributed by atoms with Gasteiger partial charge in [-0.15, -0.1) is 0 Å². The molecule has 0 amide bonds. The molecule has 0 radical (unpaired) electrons. The van der Waals surface area contributed by atoms with Crippen molar-refractivity contribution in [1.29, 1.82) is 0 Å². The molecule has 3 aliphatic carbocycles. The maximum Gasteiger partial charge on any atom is 0.205 e. The van der Waals surface area contributed by atoms with Crippen molar-refractivity contribution < 1.29 is 18.9 Å². The van der Waals surface area contributed by atoms with E-state index in [1.807, 2.05) is 0 Å². The van der Waals surface area contributed by atoms with Crippen LogP contribution >= 0.6 is 31.9 Å². The molecule has 5 aliphatic rings. The third kappa shape index (κ3) is 1.14. The maximum atomic E-state index is 6.08. The zero-order chi connectivity index (χ0) is 13.6. The van der Waals surface area contributed by atoms with Crippen LogP contribution in [0, 0.1) is 17.8 Å². The molecule has 108 valence electrons. The molecular weight excluding hydrogens is 392 g/mol. The second kappa shape index (κ2) is 3.78. The van der Waals surface area contributed by atoms with Crippen LogP contribution in [0.1, 0.15) is 0 Å². The monoisotopic (exact) mass is 404 g/mol. The third-order valence-electron chi connectivity index (χ3n) is 5.31. The standard InChI is InChI=1S/C14H14Br2O4/c15-10-7-9-11(13(10)17-3-4-18-13)8-1-2-12(9,16)14(8)19-5-6-20-14/h1-2,7-9,11H,3-6H2/t8-,9-,11+,12+/m0/s1. The predicted octanol–water partition coefficient (Wildman–Crippen LogP) is 2.33. The first-order valence-corrected chi connectivity index (χ1v) is 8.55. The van der Waals surface area contributed by atoms with Gasteiger partial charge in [0.2, 0.25) is 5.79 Å². The molecule has 0 N–H and O–H groups in total. The Morgan fingerprint density at radius 1 is 1.00 bits per heavy atom. The van der Waals surface area contributed by atoms with Crippen molar-refractivity contribution in [2.24, 2.45) is 17.8 Å². The molecule has 4 atom stereocenters. The Hall–Kier alpha value is 0.280. The van der Waals surface area contributed by atoms with Gasteiger partial charge in [-0.3, -0.25) is 0 Å². The smallest absolute Gasteiger partial charge is 0.205 e. The first-order valence-electron chi connectivity index (χ1n) is 6.96. The first kappa shape index (κ1) is 12.8. The van der Waals surface area contributed by atoms with Crippen molar-refractivity contribution in [2.45, 2.75) is 15.9 Å². The summed E-state index contributed by atoms with van der Waals surface area (Å²) in [6, 6.07) is 0. The van der Waals surface area contributed by atoms with Gasteiger partial charge in [-0.2, -0.15) is 0 Å². The van der Waals surface area contributed by atoms with Crippen LogP contribution in [0.4, 0.5) is 0 Å². The average molecular weight is 406 g/mol. The quantitative estimate of drug-likeness (QED) is 0.458. The Kier molecular flexibility index (Phi) is 2.42. The van der Waals surface area contributed by atoms with Gasteiger partial charge in [0, 0.05) is 17.8 Å². The van der Waals surface area contributed by atoms with E-state index in [0.717, 1.165) is 4.48 Å². The van der Waals surface area contributed by atoms with Crippen molar-refractivity contribution in [3.63, 3.8) is 0 Å². The topological polar surface area (TPSA) is 36.9 Å². The fourth-order valence-corrected chi connectivity index (χ4v) is 6.50. The van der Waals surface area contributed by atoms with Crippen molar-refractivity contribution in [1.82, 2.24) is 0 Å². The number of hydrogen-bond donors (Lipinski definition) is 0. The summed E-state index contributed by atoms with van der Waals surface area (Å²) in [6.07, 6.45) is 6.60. The molecule has 0 unspecified atom stereocenters. The zero-order valence-corrected chi connectivity index (χ0v) is 13.9. The van der Waals surface area contributed by atoms with Gasteiger partial charge in [-0.25, -0.2) is 0 Å². The van der Waals surface area contributed by atoms with Gasteiger partial charge >= 0.3 is 0 Å². The number of ether oxygens (including phenoxy) is 4. The van der Waals surface area contributed by atoms with Crippen LogP contribution in [0.25, 0.3) is 0 Å². The largest absolute Gasteiger partial charge is 0.345 e. The van der Waals surface area contributed by atoms with E-state index in [9.17, 15) is 0 Å². The molecule has 1 saturated carbocycles. The SMILES string of the molecule is BrC1=C[C@H]2[C@@H]([C@@H]3C=C[C@]2(Br)C32OCCO2)C12OCCO2. The van der Waals surface area contributed by atoms with Gasteiger partial charge in [0.05, 0.1) is 30.9 Å². The molecule has 2 spiro atoms. The van der Waals surface area contributed by atoms with Crippen molar-refractivity contribution >= 4 is 31.9 Å². The highest BCUT2D eigenvalue weighted by Crippen LogP contribution is 2.71. The van der Waals surface area contributed by atoms with Crippen LogP contribution in [0.3, 0.4) is 0 Å². The fourth-order valence-electron chi connectivity index (χ4n) is 4.66. The summed E-state index contributed by atoms with van der Waals surface area (Å²) in [7, 11) is 0. The number of rotatable bonds is 0. The molecule has 3 fully saturated rings. The highest BCUT2D eigenvalue weighted by atomic mass is 79.9. The van der Waals surface area contributed by atoms with Crippen LogP contribution in [-0.2, 0) is 18.9 Å². The minimum absolute atomic E-state index is 0.138. The summed E-state index contributed by atoms with van der Waals surface area (Å²) in [4.78, 5) is 0. The molecule has 0 aromatic carbocycles. The minimum atomic E-state index is -0.655. The molecule has 2 saturated heterocycles. The molecule has 6 heteroatoms. The van der Waals surface area contributed by atoms with E-state index in [4.69, 9.17) is 18.9 Å². The van der Waals surface area contributed by atoms with Crippen molar-refractivity contribution in [3.8, 4) is 0 Å². The lowest BCUT2D eigenvalue weighted by molar-refractivity contribution is -0.205. The van der Waals surface area contributed by atoms with E-state index in [1.54, 1.807) is 0 Å². The van der Waals surface area contributed by atoms with Crippen LogP contribution in [0.5, 0.6) is 0 Å². The number of allylic oxidation sites excluding steroid dienone is 1. The van der Waals surface area contributed by atoms with Crippen LogP contribution in [-0.4, -0.2) is 42.3 Å². The molecule has 0 aromatic heterocycles. The Morgan fingerprint density at radius 3 is 2.35 bits per heavy atom. The van der Waals surface area contributed by atoms with E-state index in [2.05, 4.69) is 50.1 Å². The van der Waals surface area contributed by atoms with Gasteiger partial charge in [-0.1, -0.05) is 50.1 Å². The Balaban J connectivity index is 1.68. The molecule has 2 heterocycles. The maximum absolute atomic E-state index is 6.08. The van der Waals surface area contributed by atoms with Crippen LogP contribution < -0.4 is 0 Å². The number of fused-ring (bicyclic) bond motifs is 4. The second-order valence-electron chi connectivity index (χ2n) is 5.95. The second-order valence-corrected chi connectivity index (χ2v) is 8.11. The summed E-state index contributed by atoms with van der Waals surface area (Å²) < 4.78 is 24.9. The normalized spacial score (nSPS) is 49.5. The first-order chi connectivity index (χ1) is 9.64. The number of alkyl halides is 1. The van der Waals surface area contributed by atoms with Crippen LogP contribution in [0.2, 0.25) is 0 Å². The summed E-state index contributed by atoms with van der Waals surface area (Å²) in [5, 5.41) is 0. The summed E-state index contributed by atoms with van der Waals surface area (Å²) in [6.45, 7) is 2.55. The Bertz CT molecular complexity index is 533. The molecule has 2 aliphatic heterocycles. The van der Waals surface area contributed by atoms with Crippen LogP contribution in [0.15, 0.2) is 22.7 Å². The van der Waals surface area contributed by atoms with E-state index < -0.39 is 11.6 Å². The lowest BCUT2D eigenvalue weighted by Gasteiger charge is -2.36. The van der Waals surface area contributed by atoms with Gasteiger partial charge in [-0.05, 0) is 0 Å². The van der Waals surface area contributed by atoms with E-state index >= 15 is 0 Å². The van der Waals surface area contributed by atoms with Crippen molar-refractivity contribution in [2.75, 3.05) is 26.4 Å². The summed E-state index contributed by atoms with van der Waals surface area (Å²) in [5.41, 5.74) is 0. The Morgan fingerprint density at radius 2 is 1.65 bits per heavy atom. The number of halogens is 2. The lowest BCUT2D eigenvalue weighted by Crippen LogP contribution is -2.48. The van der Waals surface area contributed by atoms with E-state index in [-0.39, 0.29) is 22.1 Å². The van der Waals surface area contributed by atoms with Gasteiger partial charge in [0.15, 0.2) is 5.79 Å². The summed E-state index contributed by atoms with van der Waals surface area (Å²) in [5.74, 6) is -0.698. The molecule has 2 bridgehead atoms. The van der Waals surface area contributed by atoms with Gasteiger partial charge in [0.1, 0.15) is 4.32 Å². The summed E-state index contributed by atoms with van der Waals surface area (Å²) >= 11 is 7.58. The van der Waals surface area contributed by atoms with Crippen molar-refractivity contribution in [3.05, 3.63) is 22.7 Å². The van der Waals surface area contributed by atoms with Gasteiger partial charge < -0.3 is 18.9 Å². The molecule has 20 heavy (non-hydrogen) atoms. The Labute approximate surface area is 133 Å². The number of hydrogen-bond acceptors (Lipinski definition) is 4. The highest BCUT2D eigenvalue weighted by Gasteiger charge is 2.79. The third-order valence-corrected chi connectivity index (χ3v) is 7.47. The molecule has 5 rings (SSSR count). The molecule has 0 aromatic rings. The zero-order valence-electron chi connectivity index (χ0n) is 10.7.